The van der Waals surface area contributed by atoms with Gasteiger partial charge in [-0.25, -0.2) is 0 Å². The highest BCUT2D eigenvalue weighted by atomic mass is 127. The van der Waals surface area contributed by atoms with Gasteiger partial charge in [0.25, 0.3) is 0 Å². The Kier molecular flexibility index (Phi) is 11.8. The third kappa shape index (κ3) is 8.28. The van der Waals surface area contributed by atoms with Crippen LogP contribution in [0.25, 0.3) is 0 Å². The van der Waals surface area contributed by atoms with E-state index in [2.05, 4.69) is 20.9 Å². The molecule has 7 nitrogen and oxygen atoms in total. The van der Waals surface area contributed by atoms with E-state index in [0.717, 1.165) is 34.7 Å². The molecule has 0 radical (unpaired) electrons. The molecule has 1 unspecified atom stereocenters. The standard InChI is InChI=1S/C23H32N4O3.HI/c1-6-16(2)22(28)27-19-9-7-8-17(12-19)14-25-23(24-3)26-15-18-10-11-20(29-4)13-21(18)30-5;/h7-13,16H,6,14-15H2,1-5H3,(H,27,28)(H2,24,25,26);1H. The van der Waals surface area contributed by atoms with E-state index in [1.165, 1.54) is 0 Å². The van der Waals surface area contributed by atoms with Crippen LogP contribution in [-0.2, 0) is 17.9 Å². The highest BCUT2D eigenvalue weighted by molar-refractivity contribution is 14.0. The molecule has 2 aromatic rings. The lowest BCUT2D eigenvalue weighted by atomic mass is 10.1. The van der Waals surface area contributed by atoms with Crippen LogP contribution in [0, 0.1) is 5.92 Å². The second-order valence-electron chi connectivity index (χ2n) is 6.96. The van der Waals surface area contributed by atoms with Crippen molar-refractivity contribution in [3.8, 4) is 11.5 Å². The first-order valence-electron chi connectivity index (χ1n) is 10.1. The summed E-state index contributed by atoms with van der Waals surface area (Å²) in [4.78, 5) is 16.4. The van der Waals surface area contributed by atoms with Crippen LogP contribution in [0.4, 0.5) is 5.69 Å². The summed E-state index contributed by atoms with van der Waals surface area (Å²) in [5.41, 5.74) is 2.84. The first-order chi connectivity index (χ1) is 14.5. The van der Waals surface area contributed by atoms with Gasteiger partial charge in [0.05, 0.1) is 14.2 Å². The number of rotatable bonds is 9. The number of methoxy groups -OCH3 is 2. The van der Waals surface area contributed by atoms with Crippen LogP contribution in [0.15, 0.2) is 47.5 Å². The molecular formula is C23H33IN4O3. The largest absolute Gasteiger partial charge is 0.497 e. The number of halogens is 1. The Morgan fingerprint density at radius 3 is 2.45 bits per heavy atom. The number of anilines is 1. The Bertz CT molecular complexity index is 874. The number of hydrogen-bond acceptors (Lipinski definition) is 4. The molecule has 3 N–H and O–H groups in total. The number of carbonyl (C=O) groups is 1. The molecule has 0 aliphatic carbocycles. The molecule has 0 saturated heterocycles. The molecule has 31 heavy (non-hydrogen) atoms. The van der Waals surface area contributed by atoms with Gasteiger partial charge in [-0.05, 0) is 36.2 Å². The Morgan fingerprint density at radius 2 is 1.81 bits per heavy atom. The Labute approximate surface area is 202 Å². The Morgan fingerprint density at radius 1 is 1.06 bits per heavy atom. The number of nitrogens with zero attached hydrogens (tertiary/aromatic N) is 1. The first kappa shape index (κ1) is 26.5. The molecule has 0 bridgehead atoms. The minimum atomic E-state index is -0.00949. The van der Waals surface area contributed by atoms with E-state index < -0.39 is 0 Å². The molecule has 0 aromatic heterocycles. The van der Waals surface area contributed by atoms with E-state index in [-0.39, 0.29) is 35.8 Å². The fourth-order valence-corrected chi connectivity index (χ4v) is 2.79. The van der Waals surface area contributed by atoms with Crippen LogP contribution in [0.3, 0.4) is 0 Å². The summed E-state index contributed by atoms with van der Waals surface area (Å²) < 4.78 is 10.7. The molecule has 0 aliphatic heterocycles. The van der Waals surface area contributed by atoms with Gasteiger partial charge < -0.3 is 25.4 Å². The van der Waals surface area contributed by atoms with Crippen molar-refractivity contribution in [3.63, 3.8) is 0 Å². The third-order valence-electron chi connectivity index (χ3n) is 4.88. The normalized spacial score (nSPS) is 11.7. The van der Waals surface area contributed by atoms with Gasteiger partial charge in [-0.1, -0.05) is 26.0 Å². The first-order valence-corrected chi connectivity index (χ1v) is 10.1. The third-order valence-corrected chi connectivity index (χ3v) is 4.88. The van der Waals surface area contributed by atoms with Crippen LogP contribution in [0.5, 0.6) is 11.5 Å². The van der Waals surface area contributed by atoms with Gasteiger partial charge in [0.15, 0.2) is 5.96 Å². The van der Waals surface area contributed by atoms with Gasteiger partial charge in [0.2, 0.25) is 5.91 Å². The average Bonchev–Trinajstić information content (AvgIpc) is 2.78. The number of carbonyl (C=O) groups excluding carboxylic acids is 1. The predicted molar refractivity (Wildman–Crippen MR) is 137 cm³/mol. The fourth-order valence-electron chi connectivity index (χ4n) is 2.79. The Hall–Kier alpha value is -2.49. The van der Waals surface area contributed by atoms with E-state index in [9.17, 15) is 4.79 Å². The molecule has 1 amide bonds. The molecular weight excluding hydrogens is 507 g/mol. The second-order valence-corrected chi connectivity index (χ2v) is 6.96. The summed E-state index contributed by atoms with van der Waals surface area (Å²) in [6, 6.07) is 13.5. The van der Waals surface area contributed by atoms with Crippen molar-refractivity contribution in [1.82, 2.24) is 10.6 Å². The quantitative estimate of drug-likeness (QED) is 0.253. The summed E-state index contributed by atoms with van der Waals surface area (Å²) in [6.45, 7) is 5.06. The molecule has 0 fully saturated rings. The monoisotopic (exact) mass is 540 g/mol. The van der Waals surface area contributed by atoms with Gasteiger partial charge in [0, 0.05) is 43.4 Å². The number of benzene rings is 2. The summed E-state index contributed by atoms with van der Waals surface area (Å²) in [5.74, 6) is 2.20. The molecule has 2 aromatic carbocycles. The number of ether oxygens (including phenoxy) is 2. The van der Waals surface area contributed by atoms with E-state index >= 15 is 0 Å². The summed E-state index contributed by atoms with van der Waals surface area (Å²) in [6.07, 6.45) is 0.814. The minimum absolute atomic E-state index is 0. The zero-order chi connectivity index (χ0) is 21.9. The minimum Gasteiger partial charge on any atom is -0.497 e. The van der Waals surface area contributed by atoms with Crippen LogP contribution < -0.4 is 25.4 Å². The van der Waals surface area contributed by atoms with Gasteiger partial charge in [0.1, 0.15) is 11.5 Å². The highest BCUT2D eigenvalue weighted by Gasteiger charge is 2.11. The van der Waals surface area contributed by atoms with Crippen molar-refractivity contribution in [2.24, 2.45) is 10.9 Å². The van der Waals surface area contributed by atoms with Crippen LogP contribution in [0.2, 0.25) is 0 Å². The van der Waals surface area contributed by atoms with Crippen molar-refractivity contribution in [1.29, 1.82) is 0 Å². The predicted octanol–water partition coefficient (Wildman–Crippen LogP) is 4.17. The van der Waals surface area contributed by atoms with Crippen molar-refractivity contribution >= 4 is 41.5 Å². The smallest absolute Gasteiger partial charge is 0.227 e. The van der Waals surface area contributed by atoms with Crippen molar-refractivity contribution in [3.05, 3.63) is 53.6 Å². The van der Waals surface area contributed by atoms with Crippen molar-refractivity contribution in [2.45, 2.75) is 33.4 Å². The lowest BCUT2D eigenvalue weighted by Gasteiger charge is -2.15. The second kappa shape index (κ2) is 13.7. The van der Waals surface area contributed by atoms with Gasteiger partial charge >= 0.3 is 0 Å². The maximum atomic E-state index is 12.1. The molecule has 1 atom stereocenters. The topological polar surface area (TPSA) is 84.0 Å². The zero-order valence-corrected chi connectivity index (χ0v) is 21.2. The van der Waals surface area contributed by atoms with E-state index in [0.29, 0.717) is 19.0 Å². The fraction of sp³-hybridized carbons (Fsp3) is 0.391. The van der Waals surface area contributed by atoms with Crippen LogP contribution in [0.1, 0.15) is 31.4 Å². The van der Waals surface area contributed by atoms with Crippen molar-refractivity contribution in [2.75, 3.05) is 26.6 Å². The van der Waals surface area contributed by atoms with E-state index in [4.69, 9.17) is 9.47 Å². The molecule has 8 heteroatoms. The maximum absolute atomic E-state index is 12.1. The number of hydrogen-bond donors (Lipinski definition) is 3. The summed E-state index contributed by atoms with van der Waals surface area (Å²) in [5, 5.41) is 9.54. The summed E-state index contributed by atoms with van der Waals surface area (Å²) in [7, 11) is 4.99. The number of nitrogens with one attached hydrogen (secondary N) is 3. The Balaban J connectivity index is 0.00000480. The molecule has 2 rings (SSSR count). The number of amides is 1. The molecule has 170 valence electrons. The van der Waals surface area contributed by atoms with Gasteiger partial charge in [-0.3, -0.25) is 9.79 Å². The zero-order valence-electron chi connectivity index (χ0n) is 18.8. The van der Waals surface area contributed by atoms with E-state index in [1.54, 1.807) is 21.3 Å². The van der Waals surface area contributed by atoms with Gasteiger partial charge in [-0.15, -0.1) is 24.0 Å². The average molecular weight is 540 g/mol. The molecule has 0 spiro atoms. The van der Waals surface area contributed by atoms with Crippen LogP contribution >= 0.6 is 24.0 Å². The number of aliphatic imine (C=N–C) groups is 1. The molecule has 0 saturated carbocycles. The molecule has 0 aliphatic rings. The number of guanidine groups is 1. The maximum Gasteiger partial charge on any atom is 0.227 e. The lowest BCUT2D eigenvalue weighted by molar-refractivity contribution is -0.119. The van der Waals surface area contributed by atoms with Crippen LogP contribution in [-0.4, -0.2) is 33.1 Å². The highest BCUT2D eigenvalue weighted by Crippen LogP contribution is 2.24. The lowest BCUT2D eigenvalue weighted by Crippen LogP contribution is -2.36. The SMILES string of the molecule is CCC(C)C(=O)Nc1cccc(CNC(=NC)NCc2ccc(OC)cc2OC)c1.I. The summed E-state index contributed by atoms with van der Waals surface area (Å²) >= 11 is 0. The van der Waals surface area contributed by atoms with Gasteiger partial charge in [-0.2, -0.15) is 0 Å². The van der Waals surface area contributed by atoms with E-state index in [1.807, 2.05) is 56.3 Å². The van der Waals surface area contributed by atoms with Crippen molar-refractivity contribution < 1.29 is 14.3 Å². The molecule has 0 heterocycles.